The highest BCUT2D eigenvalue weighted by Crippen LogP contribution is 2.35. The Morgan fingerprint density at radius 3 is 2.43 bits per heavy atom. The highest BCUT2D eigenvalue weighted by Gasteiger charge is 2.22. The molecule has 6 heteroatoms. The van der Waals surface area contributed by atoms with Gasteiger partial charge >= 0.3 is 0 Å². The third kappa shape index (κ3) is 3.72. The highest BCUT2D eigenvalue weighted by atomic mass is 79.9. The molecule has 2 aromatic carbocycles. The van der Waals surface area contributed by atoms with E-state index in [2.05, 4.69) is 21.2 Å². The molecule has 21 heavy (non-hydrogen) atoms. The molecule has 1 N–H and O–H groups in total. The highest BCUT2D eigenvalue weighted by molar-refractivity contribution is 9.10. The summed E-state index contributed by atoms with van der Waals surface area (Å²) in [5.74, 6) is -0.469. The van der Waals surface area contributed by atoms with Crippen molar-refractivity contribution >= 4 is 50.7 Å². The van der Waals surface area contributed by atoms with Crippen LogP contribution in [0.5, 0.6) is 0 Å². The van der Waals surface area contributed by atoms with Crippen molar-refractivity contribution in [3.05, 3.63) is 66.8 Å². The quantitative estimate of drug-likeness (QED) is 0.587. The molecule has 2 aromatic rings. The van der Waals surface area contributed by atoms with Gasteiger partial charge in [0.15, 0.2) is 0 Å². The Bertz CT molecular complexity index is 664. The van der Waals surface area contributed by atoms with Gasteiger partial charge < -0.3 is 5.32 Å². The summed E-state index contributed by atoms with van der Waals surface area (Å²) in [5.41, 5.74) is 1.19. The van der Waals surface area contributed by atoms with Crippen LogP contribution in [0, 0.1) is 5.82 Å². The maximum absolute atomic E-state index is 14.5. The van der Waals surface area contributed by atoms with E-state index >= 15 is 0 Å². The van der Waals surface area contributed by atoms with Crippen molar-refractivity contribution in [1.29, 1.82) is 0 Å². The first-order valence-corrected chi connectivity index (χ1v) is 8.20. The molecule has 0 spiro atoms. The molecule has 0 aliphatic carbocycles. The predicted octanol–water partition coefficient (Wildman–Crippen LogP) is 6.25. The summed E-state index contributed by atoms with van der Waals surface area (Å²) in [5, 5.41) is 4.29. The second-order valence-corrected chi connectivity index (χ2v) is 6.50. The Morgan fingerprint density at radius 2 is 1.81 bits per heavy atom. The van der Waals surface area contributed by atoms with Gasteiger partial charge in [0.05, 0.1) is 11.1 Å². The third-order valence-electron chi connectivity index (χ3n) is 3.06. The molecule has 0 aromatic heterocycles. The van der Waals surface area contributed by atoms with Crippen molar-refractivity contribution in [3.8, 4) is 0 Å². The van der Waals surface area contributed by atoms with E-state index in [1.807, 2.05) is 6.92 Å². The lowest BCUT2D eigenvalue weighted by atomic mass is 9.98. The van der Waals surface area contributed by atoms with E-state index in [1.54, 1.807) is 30.3 Å². The molecule has 1 unspecified atom stereocenters. The van der Waals surface area contributed by atoms with Gasteiger partial charge in [0.1, 0.15) is 5.82 Å². The Morgan fingerprint density at radius 1 is 1.14 bits per heavy atom. The molecule has 112 valence electrons. The lowest BCUT2D eigenvalue weighted by Crippen LogP contribution is -2.23. The number of hydrogen-bond donors (Lipinski definition) is 1. The molecule has 0 radical (unpaired) electrons. The third-order valence-corrected chi connectivity index (χ3v) is 4.88. The molecule has 0 bridgehead atoms. The van der Waals surface area contributed by atoms with Gasteiger partial charge in [-0.1, -0.05) is 53.9 Å². The molecule has 0 heterocycles. The molecule has 1 nitrogen and oxygen atoms in total. The van der Waals surface area contributed by atoms with E-state index < -0.39 is 11.9 Å². The minimum absolute atomic E-state index is 0.0560. The largest absolute Gasteiger partial charge is 0.306 e. The summed E-state index contributed by atoms with van der Waals surface area (Å²) >= 11 is 21.3. The van der Waals surface area contributed by atoms with Crippen molar-refractivity contribution in [2.45, 2.75) is 13.0 Å². The van der Waals surface area contributed by atoms with Crippen LogP contribution in [0.15, 0.2) is 34.8 Å². The average Bonchev–Trinajstić information content (AvgIpc) is 2.44. The minimum Gasteiger partial charge on any atom is -0.306 e. The van der Waals surface area contributed by atoms with E-state index in [4.69, 9.17) is 34.8 Å². The van der Waals surface area contributed by atoms with Crippen LogP contribution in [0.4, 0.5) is 4.39 Å². The normalized spacial score (nSPS) is 12.5. The molecule has 0 aliphatic rings. The fraction of sp³-hybridized carbons (Fsp3) is 0.200. The van der Waals surface area contributed by atoms with Crippen LogP contribution in [0.1, 0.15) is 24.1 Å². The van der Waals surface area contributed by atoms with Crippen molar-refractivity contribution in [2.75, 3.05) is 6.54 Å². The molecule has 0 saturated carbocycles. The van der Waals surface area contributed by atoms with Gasteiger partial charge in [-0.2, -0.15) is 0 Å². The molecule has 0 fully saturated rings. The zero-order chi connectivity index (χ0) is 15.6. The van der Waals surface area contributed by atoms with Crippen LogP contribution in [0.25, 0.3) is 0 Å². The van der Waals surface area contributed by atoms with E-state index in [1.165, 1.54) is 0 Å². The Kier molecular flexibility index (Phi) is 5.92. The van der Waals surface area contributed by atoms with Gasteiger partial charge in [-0.25, -0.2) is 4.39 Å². The summed E-state index contributed by atoms with van der Waals surface area (Å²) < 4.78 is 15.0. The van der Waals surface area contributed by atoms with E-state index in [0.29, 0.717) is 26.6 Å². The van der Waals surface area contributed by atoms with Crippen LogP contribution in [0.2, 0.25) is 15.1 Å². The van der Waals surface area contributed by atoms with Gasteiger partial charge in [-0.15, -0.1) is 0 Å². The van der Waals surface area contributed by atoms with Crippen LogP contribution >= 0.6 is 50.7 Å². The summed E-state index contributed by atoms with van der Waals surface area (Å²) in [6.45, 7) is 2.59. The number of rotatable bonds is 4. The Balaban J connectivity index is 2.56. The average molecular weight is 412 g/mol. The van der Waals surface area contributed by atoms with E-state index in [9.17, 15) is 4.39 Å². The van der Waals surface area contributed by atoms with Gasteiger partial charge in [0.2, 0.25) is 0 Å². The van der Waals surface area contributed by atoms with Crippen molar-refractivity contribution < 1.29 is 4.39 Å². The van der Waals surface area contributed by atoms with Crippen molar-refractivity contribution in [1.82, 2.24) is 5.32 Å². The maximum atomic E-state index is 14.5. The van der Waals surface area contributed by atoms with Crippen molar-refractivity contribution in [3.63, 3.8) is 0 Å². The lowest BCUT2D eigenvalue weighted by Gasteiger charge is -2.21. The molecular formula is C15H12BrCl3FN. The lowest BCUT2D eigenvalue weighted by molar-refractivity contribution is 0.559. The molecule has 0 amide bonds. The first-order valence-electron chi connectivity index (χ1n) is 6.27. The number of nitrogens with one attached hydrogen (secondary N) is 1. The van der Waals surface area contributed by atoms with Gasteiger partial charge in [0.25, 0.3) is 0 Å². The second-order valence-electron chi connectivity index (χ2n) is 4.42. The number of hydrogen-bond acceptors (Lipinski definition) is 1. The summed E-state index contributed by atoms with van der Waals surface area (Å²) in [6, 6.07) is 8.16. The molecule has 1 atom stereocenters. The van der Waals surface area contributed by atoms with E-state index in [-0.39, 0.29) is 5.02 Å². The summed E-state index contributed by atoms with van der Waals surface area (Å²) in [7, 11) is 0. The number of benzene rings is 2. The van der Waals surface area contributed by atoms with Crippen LogP contribution < -0.4 is 5.32 Å². The maximum Gasteiger partial charge on any atom is 0.148 e. The number of halogens is 5. The van der Waals surface area contributed by atoms with Gasteiger partial charge in [-0.3, -0.25) is 0 Å². The first kappa shape index (κ1) is 17.0. The summed E-state index contributed by atoms with van der Waals surface area (Å²) in [6.07, 6.45) is 0. The fourth-order valence-corrected chi connectivity index (χ4v) is 3.09. The molecule has 2 rings (SSSR count). The summed E-state index contributed by atoms with van der Waals surface area (Å²) in [4.78, 5) is 0. The fourth-order valence-electron chi connectivity index (χ4n) is 2.09. The van der Waals surface area contributed by atoms with Crippen LogP contribution in [0.3, 0.4) is 0 Å². The second kappa shape index (κ2) is 7.30. The molecular weight excluding hydrogens is 399 g/mol. The standard InChI is InChI=1S/C15H12BrCl3FN/c1-2-21-15(9-4-3-8(17)7-12(9)18)10-5-6-11(16)13(19)14(10)20/h3-7,15,21H,2H2,1H3. The first-order chi connectivity index (χ1) is 9.95. The van der Waals surface area contributed by atoms with Gasteiger partial charge in [-0.05, 0) is 46.2 Å². The molecule has 0 aliphatic heterocycles. The Labute approximate surface area is 146 Å². The van der Waals surface area contributed by atoms with Crippen LogP contribution in [-0.4, -0.2) is 6.54 Å². The smallest absolute Gasteiger partial charge is 0.148 e. The van der Waals surface area contributed by atoms with E-state index in [0.717, 1.165) is 5.56 Å². The monoisotopic (exact) mass is 409 g/mol. The van der Waals surface area contributed by atoms with Gasteiger partial charge in [0, 0.05) is 20.1 Å². The predicted molar refractivity (Wildman–Crippen MR) is 91.1 cm³/mol. The SMILES string of the molecule is CCNC(c1ccc(Cl)cc1Cl)c1ccc(Br)c(Cl)c1F. The van der Waals surface area contributed by atoms with Crippen molar-refractivity contribution in [2.24, 2.45) is 0 Å². The zero-order valence-corrected chi connectivity index (χ0v) is 14.9. The molecule has 0 saturated heterocycles. The topological polar surface area (TPSA) is 12.0 Å². The Hall–Kier alpha value is -0.320. The zero-order valence-electron chi connectivity index (χ0n) is 11.1. The minimum atomic E-state index is -0.469. The van der Waals surface area contributed by atoms with Crippen LogP contribution in [-0.2, 0) is 0 Å².